The number of aromatic nitrogens is 3. The number of pyridine rings is 2. The lowest BCUT2D eigenvalue weighted by Gasteiger charge is -2.16. The van der Waals surface area contributed by atoms with Crippen LogP contribution >= 0.6 is 0 Å². The number of aliphatic hydroxyl groups is 1. The fourth-order valence-corrected chi connectivity index (χ4v) is 3.61. The fraction of sp³-hybridized carbons (Fsp3) is 0.455. The van der Waals surface area contributed by atoms with E-state index in [0.29, 0.717) is 12.5 Å². The van der Waals surface area contributed by atoms with Crippen molar-refractivity contribution in [3.8, 4) is 17.1 Å². The average Bonchev–Trinajstić information content (AvgIpc) is 2.98. The SMILES string of the molecule is CCOc1ccc(-c2nc3c(C)cn(C(CC)CO)c3cc2C)c(CC)n1. The molecule has 3 heterocycles. The molecule has 0 aromatic carbocycles. The van der Waals surface area contributed by atoms with Gasteiger partial charge in [0.25, 0.3) is 0 Å². The topological polar surface area (TPSA) is 60.2 Å². The van der Waals surface area contributed by atoms with Crippen molar-refractivity contribution in [2.75, 3.05) is 13.2 Å². The van der Waals surface area contributed by atoms with E-state index in [1.807, 2.05) is 13.0 Å². The molecule has 0 bridgehead atoms. The largest absolute Gasteiger partial charge is 0.478 e. The highest BCUT2D eigenvalue weighted by atomic mass is 16.5. The van der Waals surface area contributed by atoms with Gasteiger partial charge in [0.15, 0.2) is 0 Å². The van der Waals surface area contributed by atoms with Crippen LogP contribution in [0.3, 0.4) is 0 Å². The van der Waals surface area contributed by atoms with Crippen LogP contribution in [0.25, 0.3) is 22.3 Å². The lowest BCUT2D eigenvalue weighted by Crippen LogP contribution is -2.11. The van der Waals surface area contributed by atoms with Gasteiger partial charge >= 0.3 is 0 Å². The minimum absolute atomic E-state index is 0.0756. The maximum atomic E-state index is 9.73. The Kier molecular flexibility index (Phi) is 5.80. The van der Waals surface area contributed by atoms with E-state index in [4.69, 9.17) is 9.72 Å². The molecule has 0 aliphatic rings. The summed E-state index contributed by atoms with van der Waals surface area (Å²) in [6.45, 7) is 11.1. The maximum absolute atomic E-state index is 9.73. The summed E-state index contributed by atoms with van der Waals surface area (Å²) < 4.78 is 7.71. The van der Waals surface area contributed by atoms with E-state index in [0.717, 1.165) is 52.0 Å². The van der Waals surface area contributed by atoms with E-state index in [1.54, 1.807) is 0 Å². The van der Waals surface area contributed by atoms with Gasteiger partial charge < -0.3 is 14.4 Å². The number of aryl methyl sites for hydroxylation is 3. The predicted molar refractivity (Wildman–Crippen MR) is 109 cm³/mol. The van der Waals surface area contributed by atoms with Crippen molar-refractivity contribution in [2.24, 2.45) is 0 Å². The van der Waals surface area contributed by atoms with Gasteiger partial charge in [0, 0.05) is 17.8 Å². The molecular weight excluding hydrogens is 338 g/mol. The van der Waals surface area contributed by atoms with Crippen LogP contribution in [0.15, 0.2) is 24.4 Å². The quantitative estimate of drug-likeness (QED) is 0.662. The van der Waals surface area contributed by atoms with Crippen LogP contribution in [0.4, 0.5) is 0 Å². The highest BCUT2D eigenvalue weighted by Crippen LogP contribution is 2.32. The monoisotopic (exact) mass is 367 g/mol. The van der Waals surface area contributed by atoms with Gasteiger partial charge in [-0.1, -0.05) is 13.8 Å². The second kappa shape index (κ2) is 8.09. The van der Waals surface area contributed by atoms with Gasteiger partial charge in [-0.3, -0.25) is 0 Å². The van der Waals surface area contributed by atoms with Crippen molar-refractivity contribution in [1.82, 2.24) is 14.5 Å². The predicted octanol–water partition coefficient (Wildman–Crippen LogP) is 4.62. The highest BCUT2D eigenvalue weighted by Gasteiger charge is 2.18. The standard InChI is InChI=1S/C22H29N3O2/c1-6-16(13-26)25-12-15(5)22-19(25)11-14(4)21(24-22)17-9-10-20(27-8-3)23-18(17)7-2/h9-12,16,26H,6-8,13H2,1-5H3. The number of aliphatic hydroxyl groups excluding tert-OH is 1. The zero-order valence-corrected chi connectivity index (χ0v) is 16.9. The maximum Gasteiger partial charge on any atom is 0.213 e. The summed E-state index contributed by atoms with van der Waals surface area (Å²) in [4.78, 5) is 9.68. The minimum atomic E-state index is 0.0756. The first-order valence-corrected chi connectivity index (χ1v) is 9.76. The summed E-state index contributed by atoms with van der Waals surface area (Å²) in [6.07, 6.45) is 3.80. The molecule has 5 heteroatoms. The average molecular weight is 367 g/mol. The molecular formula is C22H29N3O2. The van der Waals surface area contributed by atoms with E-state index < -0.39 is 0 Å². The Bertz CT molecular complexity index is 942. The summed E-state index contributed by atoms with van der Waals surface area (Å²) in [6, 6.07) is 6.23. The van der Waals surface area contributed by atoms with E-state index in [-0.39, 0.29) is 12.6 Å². The summed E-state index contributed by atoms with van der Waals surface area (Å²) >= 11 is 0. The molecule has 0 aliphatic carbocycles. The van der Waals surface area contributed by atoms with E-state index in [1.165, 1.54) is 0 Å². The first-order valence-electron chi connectivity index (χ1n) is 9.76. The zero-order valence-electron chi connectivity index (χ0n) is 16.9. The second-order valence-electron chi connectivity index (χ2n) is 6.92. The molecule has 1 N–H and O–H groups in total. The molecule has 5 nitrogen and oxygen atoms in total. The number of nitrogens with zero attached hydrogens (tertiary/aromatic N) is 3. The molecule has 0 amide bonds. The Hall–Kier alpha value is -2.40. The Labute approximate surface area is 161 Å². The van der Waals surface area contributed by atoms with Gasteiger partial charge in [-0.05, 0) is 56.9 Å². The smallest absolute Gasteiger partial charge is 0.213 e. The van der Waals surface area contributed by atoms with Crippen molar-refractivity contribution in [2.45, 2.75) is 53.5 Å². The Morgan fingerprint density at radius 3 is 2.52 bits per heavy atom. The van der Waals surface area contributed by atoms with Crippen LogP contribution in [-0.4, -0.2) is 32.9 Å². The van der Waals surface area contributed by atoms with Crippen molar-refractivity contribution in [1.29, 1.82) is 0 Å². The van der Waals surface area contributed by atoms with Crippen molar-refractivity contribution in [3.63, 3.8) is 0 Å². The molecule has 3 aromatic rings. The van der Waals surface area contributed by atoms with Gasteiger partial charge in [-0.2, -0.15) is 0 Å². The van der Waals surface area contributed by atoms with E-state index >= 15 is 0 Å². The van der Waals surface area contributed by atoms with Crippen LogP contribution in [0.2, 0.25) is 0 Å². The molecule has 0 aliphatic heterocycles. The number of rotatable bonds is 7. The van der Waals surface area contributed by atoms with Crippen LogP contribution in [0.1, 0.15) is 50.1 Å². The Balaban J connectivity index is 2.17. The fourth-order valence-electron chi connectivity index (χ4n) is 3.61. The minimum Gasteiger partial charge on any atom is -0.478 e. The molecule has 1 unspecified atom stereocenters. The van der Waals surface area contributed by atoms with Crippen molar-refractivity contribution < 1.29 is 9.84 Å². The van der Waals surface area contributed by atoms with Gasteiger partial charge in [-0.25, -0.2) is 9.97 Å². The molecule has 27 heavy (non-hydrogen) atoms. The van der Waals surface area contributed by atoms with Crippen molar-refractivity contribution >= 4 is 11.0 Å². The first kappa shape index (κ1) is 19.4. The van der Waals surface area contributed by atoms with Crippen LogP contribution in [0.5, 0.6) is 5.88 Å². The molecule has 1 atom stereocenters. The number of fused-ring (bicyclic) bond motifs is 1. The highest BCUT2D eigenvalue weighted by molar-refractivity contribution is 5.84. The Morgan fingerprint density at radius 1 is 1.11 bits per heavy atom. The molecule has 0 saturated heterocycles. The lowest BCUT2D eigenvalue weighted by molar-refractivity contribution is 0.227. The molecule has 0 spiro atoms. The molecule has 0 saturated carbocycles. The first-order chi connectivity index (χ1) is 13.0. The van der Waals surface area contributed by atoms with Gasteiger partial charge in [-0.15, -0.1) is 0 Å². The van der Waals surface area contributed by atoms with Crippen LogP contribution in [-0.2, 0) is 6.42 Å². The third kappa shape index (κ3) is 3.56. The number of hydrogen-bond donors (Lipinski definition) is 1. The van der Waals surface area contributed by atoms with Gasteiger partial charge in [0.05, 0.1) is 41.7 Å². The summed E-state index contributed by atoms with van der Waals surface area (Å²) in [7, 11) is 0. The number of hydrogen-bond acceptors (Lipinski definition) is 4. The lowest BCUT2D eigenvalue weighted by atomic mass is 10.0. The van der Waals surface area contributed by atoms with Crippen LogP contribution in [0, 0.1) is 13.8 Å². The van der Waals surface area contributed by atoms with Crippen molar-refractivity contribution in [3.05, 3.63) is 41.2 Å². The molecule has 144 valence electrons. The summed E-state index contributed by atoms with van der Waals surface area (Å²) in [5.41, 5.74) is 7.31. The van der Waals surface area contributed by atoms with E-state index in [2.05, 4.69) is 55.6 Å². The van der Waals surface area contributed by atoms with Crippen LogP contribution < -0.4 is 4.74 Å². The van der Waals surface area contributed by atoms with Gasteiger partial charge in [0.1, 0.15) is 0 Å². The Morgan fingerprint density at radius 2 is 1.89 bits per heavy atom. The normalized spacial score (nSPS) is 12.5. The third-order valence-electron chi connectivity index (χ3n) is 5.08. The molecule has 3 rings (SSSR count). The molecule has 0 radical (unpaired) electrons. The van der Waals surface area contributed by atoms with Gasteiger partial charge in [0.2, 0.25) is 5.88 Å². The third-order valence-corrected chi connectivity index (χ3v) is 5.08. The molecule has 3 aromatic heterocycles. The second-order valence-corrected chi connectivity index (χ2v) is 6.92. The van der Waals surface area contributed by atoms with E-state index in [9.17, 15) is 5.11 Å². The zero-order chi connectivity index (χ0) is 19.6. The molecule has 0 fully saturated rings. The summed E-state index contributed by atoms with van der Waals surface area (Å²) in [5, 5.41) is 9.73. The number of ether oxygens (including phenoxy) is 1. The summed E-state index contributed by atoms with van der Waals surface area (Å²) in [5.74, 6) is 0.660.